The van der Waals surface area contributed by atoms with Gasteiger partial charge in [0.25, 0.3) is 5.91 Å². The molecule has 0 spiro atoms. The Balaban J connectivity index is 1.98. The van der Waals surface area contributed by atoms with Crippen LogP contribution in [0.3, 0.4) is 0 Å². The molecule has 0 aliphatic carbocycles. The predicted octanol–water partition coefficient (Wildman–Crippen LogP) is 3.79. The summed E-state index contributed by atoms with van der Waals surface area (Å²) in [6.45, 7) is 3.06. The second-order valence-electron chi connectivity index (χ2n) is 5.86. The molecule has 2 aromatic rings. The number of amides is 1. The normalized spacial score (nSPS) is 11.6. The summed E-state index contributed by atoms with van der Waals surface area (Å²) < 4.78 is 5.72. The fraction of sp³-hybridized carbons (Fsp3) is 0.222. The molecule has 5 nitrogen and oxygen atoms in total. The minimum atomic E-state index is -1.49. The first-order valence-corrected chi connectivity index (χ1v) is 8.24. The highest BCUT2D eigenvalue weighted by Gasteiger charge is 2.22. The first kappa shape index (κ1) is 19.2. The van der Waals surface area contributed by atoms with Gasteiger partial charge in [-0.25, -0.2) is 5.43 Å². The SMILES string of the molecule is CC(C)(O)C(=O)N/N=C/c1cccc(OCc2ccc(Cl)cc2Cl)c1. The number of carbonyl (C=O) groups is 1. The standard InChI is InChI=1S/C18H18Cl2N2O3/c1-18(2,24)17(23)22-21-10-12-4-3-5-15(8-12)25-11-13-6-7-14(19)9-16(13)20/h3-10,24H,11H2,1-2H3,(H,22,23)/b21-10+. The summed E-state index contributed by atoms with van der Waals surface area (Å²) in [5.41, 5.74) is 2.34. The van der Waals surface area contributed by atoms with Crippen LogP contribution in [-0.2, 0) is 11.4 Å². The van der Waals surface area contributed by atoms with Crippen LogP contribution in [0, 0.1) is 0 Å². The molecule has 0 aliphatic heterocycles. The quantitative estimate of drug-likeness (QED) is 0.591. The Kier molecular flexibility index (Phi) is 6.42. The van der Waals surface area contributed by atoms with Crippen molar-refractivity contribution in [3.05, 3.63) is 63.6 Å². The zero-order chi connectivity index (χ0) is 18.4. The van der Waals surface area contributed by atoms with Gasteiger partial charge in [-0.05, 0) is 43.7 Å². The van der Waals surface area contributed by atoms with Gasteiger partial charge in [-0.2, -0.15) is 5.10 Å². The summed E-state index contributed by atoms with van der Waals surface area (Å²) in [5, 5.41) is 14.4. The molecule has 2 aromatic carbocycles. The maximum absolute atomic E-state index is 11.5. The van der Waals surface area contributed by atoms with E-state index in [-0.39, 0.29) is 0 Å². The van der Waals surface area contributed by atoms with Crippen LogP contribution in [0.2, 0.25) is 10.0 Å². The molecule has 25 heavy (non-hydrogen) atoms. The molecular weight excluding hydrogens is 363 g/mol. The Hall–Kier alpha value is -2.08. The third-order valence-corrected chi connectivity index (χ3v) is 3.79. The van der Waals surface area contributed by atoms with Crippen LogP contribution in [0.4, 0.5) is 0 Å². The van der Waals surface area contributed by atoms with Crippen LogP contribution in [0.5, 0.6) is 5.75 Å². The molecule has 0 saturated carbocycles. The number of ether oxygens (including phenoxy) is 1. The summed E-state index contributed by atoms with van der Waals surface area (Å²) in [6, 6.07) is 12.4. The van der Waals surface area contributed by atoms with Crippen molar-refractivity contribution in [2.45, 2.75) is 26.1 Å². The smallest absolute Gasteiger partial charge is 0.271 e. The lowest BCUT2D eigenvalue weighted by Crippen LogP contribution is -2.39. The summed E-state index contributed by atoms with van der Waals surface area (Å²) in [4.78, 5) is 11.5. The monoisotopic (exact) mass is 380 g/mol. The van der Waals surface area contributed by atoms with E-state index in [4.69, 9.17) is 27.9 Å². The number of rotatable bonds is 6. The fourth-order valence-electron chi connectivity index (χ4n) is 1.79. The molecule has 0 radical (unpaired) electrons. The van der Waals surface area contributed by atoms with E-state index in [0.717, 1.165) is 11.1 Å². The predicted molar refractivity (Wildman–Crippen MR) is 99.3 cm³/mol. The number of hydrogen-bond acceptors (Lipinski definition) is 4. The van der Waals surface area contributed by atoms with Crippen LogP contribution in [0.25, 0.3) is 0 Å². The summed E-state index contributed by atoms with van der Waals surface area (Å²) in [5.74, 6) is 0.0392. The molecule has 1 amide bonds. The third kappa shape index (κ3) is 6.05. The number of nitrogens with one attached hydrogen (secondary N) is 1. The van der Waals surface area contributed by atoms with Crippen molar-refractivity contribution >= 4 is 35.3 Å². The summed E-state index contributed by atoms with van der Waals surface area (Å²) in [7, 11) is 0. The fourth-order valence-corrected chi connectivity index (χ4v) is 2.25. The van der Waals surface area contributed by atoms with E-state index in [1.807, 2.05) is 12.1 Å². The van der Waals surface area contributed by atoms with E-state index < -0.39 is 11.5 Å². The van der Waals surface area contributed by atoms with Crippen molar-refractivity contribution < 1.29 is 14.6 Å². The lowest BCUT2D eigenvalue weighted by Gasteiger charge is -2.13. The van der Waals surface area contributed by atoms with E-state index >= 15 is 0 Å². The van der Waals surface area contributed by atoms with Crippen molar-refractivity contribution in [3.8, 4) is 5.75 Å². The molecule has 0 saturated heterocycles. The van der Waals surface area contributed by atoms with E-state index in [2.05, 4.69) is 10.5 Å². The van der Waals surface area contributed by atoms with Crippen LogP contribution in [-0.4, -0.2) is 22.8 Å². The zero-order valence-corrected chi connectivity index (χ0v) is 15.3. The van der Waals surface area contributed by atoms with E-state index in [1.54, 1.807) is 30.3 Å². The first-order valence-electron chi connectivity index (χ1n) is 7.48. The zero-order valence-electron chi connectivity index (χ0n) is 13.8. The molecular formula is C18H18Cl2N2O3. The lowest BCUT2D eigenvalue weighted by molar-refractivity contribution is -0.136. The highest BCUT2D eigenvalue weighted by Crippen LogP contribution is 2.23. The average molecular weight is 381 g/mol. The minimum absolute atomic E-state index is 0.298. The minimum Gasteiger partial charge on any atom is -0.489 e. The van der Waals surface area contributed by atoms with E-state index in [1.165, 1.54) is 20.1 Å². The Morgan fingerprint density at radius 3 is 2.72 bits per heavy atom. The Morgan fingerprint density at radius 2 is 2.04 bits per heavy atom. The number of hydrogen-bond donors (Lipinski definition) is 2. The van der Waals surface area contributed by atoms with Gasteiger partial charge in [0.1, 0.15) is 18.0 Å². The molecule has 0 aliphatic rings. The van der Waals surface area contributed by atoms with Gasteiger partial charge >= 0.3 is 0 Å². The van der Waals surface area contributed by atoms with Crippen LogP contribution in [0.1, 0.15) is 25.0 Å². The topological polar surface area (TPSA) is 70.9 Å². The molecule has 132 valence electrons. The number of nitrogens with zero attached hydrogens (tertiary/aromatic N) is 1. The van der Waals surface area contributed by atoms with Crippen LogP contribution < -0.4 is 10.2 Å². The number of benzene rings is 2. The Labute approximate surface area is 156 Å². The van der Waals surface area contributed by atoms with Gasteiger partial charge in [-0.3, -0.25) is 4.79 Å². The van der Waals surface area contributed by atoms with E-state index in [9.17, 15) is 9.90 Å². The maximum Gasteiger partial charge on any atom is 0.271 e. The highest BCUT2D eigenvalue weighted by molar-refractivity contribution is 6.35. The third-order valence-electron chi connectivity index (χ3n) is 3.20. The van der Waals surface area contributed by atoms with Crippen molar-refractivity contribution in [1.82, 2.24) is 5.43 Å². The molecule has 2 rings (SSSR count). The van der Waals surface area contributed by atoms with Gasteiger partial charge in [0.15, 0.2) is 0 Å². The van der Waals surface area contributed by atoms with Crippen molar-refractivity contribution in [2.75, 3.05) is 0 Å². The van der Waals surface area contributed by atoms with Gasteiger partial charge in [0.05, 0.1) is 6.21 Å². The second-order valence-corrected chi connectivity index (χ2v) is 6.70. The van der Waals surface area contributed by atoms with Crippen LogP contribution >= 0.6 is 23.2 Å². The van der Waals surface area contributed by atoms with Gasteiger partial charge in [-0.1, -0.05) is 41.4 Å². The van der Waals surface area contributed by atoms with Crippen LogP contribution in [0.15, 0.2) is 47.6 Å². The molecule has 0 atom stereocenters. The summed E-state index contributed by atoms with van der Waals surface area (Å²) in [6.07, 6.45) is 1.46. The van der Waals surface area contributed by atoms with Crippen molar-refractivity contribution in [2.24, 2.45) is 5.10 Å². The molecule has 0 heterocycles. The molecule has 7 heteroatoms. The van der Waals surface area contributed by atoms with Crippen molar-refractivity contribution in [1.29, 1.82) is 0 Å². The Bertz CT molecular complexity index is 786. The summed E-state index contributed by atoms with van der Waals surface area (Å²) >= 11 is 12.0. The highest BCUT2D eigenvalue weighted by atomic mass is 35.5. The van der Waals surface area contributed by atoms with E-state index in [0.29, 0.717) is 22.4 Å². The number of halogens is 2. The molecule has 0 bridgehead atoms. The van der Waals surface area contributed by atoms with Gasteiger partial charge in [-0.15, -0.1) is 0 Å². The van der Waals surface area contributed by atoms with Gasteiger partial charge in [0, 0.05) is 15.6 Å². The number of hydrazone groups is 1. The second kappa shape index (κ2) is 8.34. The maximum atomic E-state index is 11.5. The molecule has 2 N–H and O–H groups in total. The average Bonchev–Trinajstić information content (AvgIpc) is 2.53. The molecule has 0 fully saturated rings. The lowest BCUT2D eigenvalue weighted by atomic mass is 10.1. The van der Waals surface area contributed by atoms with Gasteiger partial charge in [0.2, 0.25) is 0 Å². The number of aliphatic hydroxyl groups is 1. The molecule has 0 unspecified atom stereocenters. The molecule has 0 aromatic heterocycles. The largest absolute Gasteiger partial charge is 0.489 e. The Morgan fingerprint density at radius 1 is 1.28 bits per heavy atom. The van der Waals surface area contributed by atoms with Crippen molar-refractivity contribution in [3.63, 3.8) is 0 Å². The first-order chi connectivity index (χ1) is 11.8. The van der Waals surface area contributed by atoms with Gasteiger partial charge < -0.3 is 9.84 Å². The number of carbonyl (C=O) groups excluding carboxylic acids is 1.